The minimum Gasteiger partial charge on any atom is -0.395 e. The minimum absolute atomic E-state index is 0.0709. The standard InChI is InChI=1S/C18H22N2OS/c1-14-10-15(2)12-17(11-14)19-18(22)20(8-9-21)13-16-6-4-3-5-7-16/h3-7,10-12,21H,8-9,13H2,1-2H3,(H,19,22). The van der Waals surface area contributed by atoms with Gasteiger partial charge in [-0.1, -0.05) is 36.4 Å². The molecule has 2 aromatic carbocycles. The molecule has 0 fully saturated rings. The zero-order chi connectivity index (χ0) is 15.9. The highest BCUT2D eigenvalue weighted by molar-refractivity contribution is 7.80. The Hall–Kier alpha value is -1.91. The molecule has 0 aliphatic heterocycles. The molecule has 0 aromatic heterocycles. The Balaban J connectivity index is 2.09. The van der Waals surface area contributed by atoms with Crippen molar-refractivity contribution in [3.05, 3.63) is 65.2 Å². The maximum Gasteiger partial charge on any atom is 0.173 e. The van der Waals surface area contributed by atoms with E-state index in [4.69, 9.17) is 12.2 Å². The van der Waals surface area contributed by atoms with E-state index in [0.29, 0.717) is 18.2 Å². The molecule has 0 saturated heterocycles. The number of hydrogen-bond donors (Lipinski definition) is 2. The molecule has 0 unspecified atom stereocenters. The van der Waals surface area contributed by atoms with E-state index in [9.17, 15) is 5.11 Å². The molecular weight excluding hydrogens is 292 g/mol. The summed E-state index contributed by atoms with van der Waals surface area (Å²) >= 11 is 5.51. The SMILES string of the molecule is Cc1cc(C)cc(NC(=S)N(CCO)Cc2ccccc2)c1. The topological polar surface area (TPSA) is 35.5 Å². The van der Waals surface area contributed by atoms with Crippen molar-refractivity contribution in [2.75, 3.05) is 18.5 Å². The Labute approximate surface area is 137 Å². The van der Waals surface area contributed by atoms with Gasteiger partial charge < -0.3 is 15.3 Å². The van der Waals surface area contributed by atoms with Gasteiger partial charge in [-0.2, -0.15) is 0 Å². The molecule has 0 amide bonds. The molecule has 4 heteroatoms. The number of hydrogen-bond acceptors (Lipinski definition) is 2. The number of nitrogens with one attached hydrogen (secondary N) is 1. The molecule has 2 aromatic rings. The van der Waals surface area contributed by atoms with Crippen LogP contribution in [0.25, 0.3) is 0 Å². The number of aliphatic hydroxyl groups excluding tert-OH is 1. The maximum absolute atomic E-state index is 9.29. The van der Waals surface area contributed by atoms with Crippen LogP contribution in [0.1, 0.15) is 16.7 Å². The maximum atomic E-state index is 9.29. The van der Waals surface area contributed by atoms with Crippen molar-refractivity contribution < 1.29 is 5.11 Å². The van der Waals surface area contributed by atoms with Crippen molar-refractivity contribution in [1.29, 1.82) is 0 Å². The van der Waals surface area contributed by atoms with E-state index in [1.54, 1.807) is 0 Å². The molecule has 0 atom stereocenters. The second-order valence-corrected chi connectivity index (χ2v) is 5.82. The fraction of sp³-hybridized carbons (Fsp3) is 0.278. The summed E-state index contributed by atoms with van der Waals surface area (Å²) in [6.07, 6.45) is 0. The second kappa shape index (κ2) is 7.92. The fourth-order valence-corrected chi connectivity index (χ4v) is 2.70. The molecule has 0 heterocycles. The highest BCUT2D eigenvalue weighted by Crippen LogP contribution is 2.15. The highest BCUT2D eigenvalue weighted by atomic mass is 32.1. The normalized spacial score (nSPS) is 10.3. The second-order valence-electron chi connectivity index (χ2n) is 5.44. The van der Waals surface area contributed by atoms with Crippen molar-refractivity contribution in [2.24, 2.45) is 0 Å². The van der Waals surface area contributed by atoms with Crippen LogP contribution in [0.2, 0.25) is 0 Å². The van der Waals surface area contributed by atoms with Crippen LogP contribution in [-0.2, 0) is 6.54 Å². The van der Waals surface area contributed by atoms with Gasteiger partial charge in [0.05, 0.1) is 6.61 Å². The third kappa shape index (κ3) is 4.83. The van der Waals surface area contributed by atoms with Crippen molar-refractivity contribution in [3.63, 3.8) is 0 Å². The Kier molecular flexibility index (Phi) is 5.92. The van der Waals surface area contributed by atoms with Crippen LogP contribution < -0.4 is 5.32 Å². The number of anilines is 1. The third-order valence-corrected chi connectivity index (χ3v) is 3.71. The van der Waals surface area contributed by atoms with Crippen LogP contribution in [0.15, 0.2) is 48.5 Å². The number of aryl methyl sites for hydroxylation is 2. The summed E-state index contributed by atoms with van der Waals surface area (Å²) in [5, 5.41) is 13.2. The van der Waals surface area contributed by atoms with Crippen LogP contribution in [-0.4, -0.2) is 28.3 Å². The largest absolute Gasteiger partial charge is 0.395 e. The Morgan fingerprint density at radius 3 is 2.32 bits per heavy atom. The van der Waals surface area contributed by atoms with Crippen LogP contribution in [0, 0.1) is 13.8 Å². The van der Waals surface area contributed by atoms with Crippen molar-refractivity contribution in [3.8, 4) is 0 Å². The molecule has 0 aliphatic rings. The zero-order valence-corrected chi connectivity index (χ0v) is 13.9. The number of aliphatic hydroxyl groups is 1. The molecule has 0 aliphatic carbocycles. The summed E-state index contributed by atoms with van der Waals surface area (Å²) in [6.45, 7) is 5.39. The number of thiocarbonyl (C=S) groups is 1. The first-order valence-corrected chi connectivity index (χ1v) is 7.78. The van der Waals surface area contributed by atoms with Crippen molar-refractivity contribution >= 4 is 23.0 Å². The fourth-order valence-electron chi connectivity index (χ4n) is 2.43. The van der Waals surface area contributed by atoms with E-state index < -0.39 is 0 Å². The summed E-state index contributed by atoms with van der Waals surface area (Å²) in [5.74, 6) is 0. The predicted octanol–water partition coefficient (Wildman–Crippen LogP) is 3.49. The monoisotopic (exact) mass is 314 g/mol. The average molecular weight is 314 g/mol. The predicted molar refractivity (Wildman–Crippen MR) is 96.1 cm³/mol. The van der Waals surface area contributed by atoms with Crippen molar-refractivity contribution in [1.82, 2.24) is 4.90 Å². The molecule has 2 rings (SSSR count). The van der Waals surface area contributed by atoms with Crippen LogP contribution in [0.4, 0.5) is 5.69 Å². The van der Waals surface area contributed by atoms with Crippen LogP contribution >= 0.6 is 12.2 Å². The molecule has 3 nitrogen and oxygen atoms in total. The lowest BCUT2D eigenvalue weighted by Gasteiger charge is -2.25. The highest BCUT2D eigenvalue weighted by Gasteiger charge is 2.10. The van der Waals surface area contributed by atoms with Gasteiger partial charge in [0.15, 0.2) is 5.11 Å². The van der Waals surface area contributed by atoms with Gasteiger partial charge >= 0.3 is 0 Å². The van der Waals surface area contributed by atoms with Gasteiger partial charge in [0, 0.05) is 18.8 Å². The lowest BCUT2D eigenvalue weighted by Crippen LogP contribution is -2.36. The molecule has 22 heavy (non-hydrogen) atoms. The number of rotatable bonds is 5. The summed E-state index contributed by atoms with van der Waals surface area (Å²) in [6, 6.07) is 16.4. The average Bonchev–Trinajstić information content (AvgIpc) is 2.46. The first-order chi connectivity index (χ1) is 10.6. The molecule has 116 valence electrons. The molecule has 0 spiro atoms. The smallest absolute Gasteiger partial charge is 0.173 e. The molecule has 0 bridgehead atoms. The van der Waals surface area contributed by atoms with Crippen LogP contribution in [0.3, 0.4) is 0 Å². The Morgan fingerprint density at radius 1 is 1.09 bits per heavy atom. The van der Waals surface area contributed by atoms with E-state index in [0.717, 1.165) is 5.69 Å². The third-order valence-electron chi connectivity index (χ3n) is 3.35. The minimum atomic E-state index is 0.0709. The van der Waals surface area contributed by atoms with Gasteiger partial charge in [-0.05, 0) is 54.9 Å². The van der Waals surface area contributed by atoms with Gasteiger partial charge in [-0.15, -0.1) is 0 Å². The van der Waals surface area contributed by atoms with Crippen LogP contribution in [0.5, 0.6) is 0 Å². The van der Waals surface area contributed by atoms with E-state index in [2.05, 4.69) is 49.5 Å². The molecular formula is C18H22N2OS. The summed E-state index contributed by atoms with van der Waals surface area (Å²) in [7, 11) is 0. The number of nitrogens with zero attached hydrogens (tertiary/aromatic N) is 1. The van der Waals surface area contributed by atoms with E-state index >= 15 is 0 Å². The lowest BCUT2D eigenvalue weighted by molar-refractivity contribution is 0.248. The zero-order valence-electron chi connectivity index (χ0n) is 13.0. The van der Waals surface area contributed by atoms with E-state index in [1.165, 1.54) is 16.7 Å². The van der Waals surface area contributed by atoms with Gasteiger partial charge in [0.2, 0.25) is 0 Å². The Morgan fingerprint density at radius 2 is 1.73 bits per heavy atom. The first-order valence-electron chi connectivity index (χ1n) is 7.37. The Bertz CT molecular complexity index is 608. The van der Waals surface area contributed by atoms with Gasteiger partial charge in [0.1, 0.15) is 0 Å². The molecule has 0 saturated carbocycles. The summed E-state index contributed by atoms with van der Waals surface area (Å²) in [5.41, 5.74) is 4.54. The van der Waals surface area contributed by atoms with Gasteiger partial charge in [-0.3, -0.25) is 0 Å². The lowest BCUT2D eigenvalue weighted by atomic mass is 10.1. The van der Waals surface area contributed by atoms with Gasteiger partial charge in [-0.25, -0.2) is 0 Å². The molecule has 0 radical (unpaired) electrons. The molecule has 2 N–H and O–H groups in total. The van der Waals surface area contributed by atoms with E-state index in [-0.39, 0.29) is 6.61 Å². The number of benzene rings is 2. The van der Waals surface area contributed by atoms with Crippen molar-refractivity contribution in [2.45, 2.75) is 20.4 Å². The summed E-state index contributed by atoms with van der Waals surface area (Å²) in [4.78, 5) is 1.97. The van der Waals surface area contributed by atoms with E-state index in [1.807, 2.05) is 23.1 Å². The first kappa shape index (κ1) is 16.5. The summed E-state index contributed by atoms with van der Waals surface area (Å²) < 4.78 is 0. The quantitative estimate of drug-likeness (QED) is 0.828. The van der Waals surface area contributed by atoms with Gasteiger partial charge in [0.25, 0.3) is 0 Å².